The van der Waals surface area contributed by atoms with Crippen LogP contribution in [0.15, 0.2) is 40.9 Å². The first-order valence-corrected chi connectivity index (χ1v) is 8.42. The third kappa shape index (κ3) is 3.17. The van der Waals surface area contributed by atoms with Crippen molar-refractivity contribution in [3.8, 4) is 0 Å². The summed E-state index contributed by atoms with van der Waals surface area (Å²) >= 11 is 0. The first-order chi connectivity index (χ1) is 12.5. The Bertz CT molecular complexity index is 943. The minimum absolute atomic E-state index is 0.0159. The van der Waals surface area contributed by atoms with Crippen molar-refractivity contribution in [3.63, 3.8) is 0 Å². The van der Waals surface area contributed by atoms with Crippen molar-refractivity contribution in [2.24, 2.45) is 5.92 Å². The van der Waals surface area contributed by atoms with Gasteiger partial charge in [-0.05, 0) is 25.5 Å². The van der Waals surface area contributed by atoms with Crippen molar-refractivity contribution < 1.29 is 19.1 Å². The lowest BCUT2D eigenvalue weighted by atomic mass is 10.2. The minimum Gasteiger partial charge on any atom is -0.481 e. The van der Waals surface area contributed by atoms with Crippen molar-refractivity contribution in [3.05, 3.63) is 48.0 Å². The number of amides is 1. The second kappa shape index (κ2) is 6.29. The molecule has 26 heavy (non-hydrogen) atoms. The van der Waals surface area contributed by atoms with E-state index in [1.165, 1.54) is 4.68 Å². The summed E-state index contributed by atoms with van der Waals surface area (Å²) in [6.07, 6.45) is 2.21. The number of hydrogen-bond acceptors (Lipinski definition) is 5. The lowest BCUT2D eigenvalue weighted by molar-refractivity contribution is -0.138. The molecule has 4 rings (SSSR count). The van der Waals surface area contributed by atoms with Gasteiger partial charge < -0.3 is 14.8 Å². The van der Waals surface area contributed by atoms with Crippen LogP contribution in [0.2, 0.25) is 0 Å². The molecule has 3 aromatic rings. The third-order valence-electron chi connectivity index (χ3n) is 4.60. The van der Waals surface area contributed by atoms with Gasteiger partial charge in [0.1, 0.15) is 17.9 Å². The highest BCUT2D eigenvalue weighted by molar-refractivity contribution is 5.79. The van der Waals surface area contributed by atoms with Gasteiger partial charge in [-0.3, -0.25) is 9.59 Å². The molecule has 1 unspecified atom stereocenters. The van der Waals surface area contributed by atoms with Crippen LogP contribution >= 0.6 is 0 Å². The van der Waals surface area contributed by atoms with Gasteiger partial charge in [0.15, 0.2) is 0 Å². The monoisotopic (exact) mass is 354 g/mol. The van der Waals surface area contributed by atoms with E-state index < -0.39 is 5.97 Å². The molecule has 2 N–H and O–H groups in total. The lowest BCUT2D eigenvalue weighted by Crippen LogP contribution is -2.30. The number of nitrogens with zero attached hydrogens (tertiary/aromatic N) is 3. The van der Waals surface area contributed by atoms with Crippen LogP contribution in [0.4, 0.5) is 0 Å². The molecule has 8 nitrogen and oxygen atoms in total. The molecule has 0 aliphatic heterocycles. The van der Waals surface area contributed by atoms with Crippen molar-refractivity contribution >= 4 is 22.8 Å². The van der Waals surface area contributed by atoms with Crippen LogP contribution in [0.5, 0.6) is 0 Å². The largest absolute Gasteiger partial charge is 0.481 e. The maximum absolute atomic E-state index is 12.2. The number of fused-ring (bicyclic) bond motifs is 1. The molecule has 2 heterocycles. The van der Waals surface area contributed by atoms with Crippen molar-refractivity contribution in [1.82, 2.24) is 20.3 Å². The summed E-state index contributed by atoms with van der Waals surface area (Å²) in [6.45, 7) is 1.87. The van der Waals surface area contributed by atoms with Gasteiger partial charge in [0.2, 0.25) is 5.91 Å². The van der Waals surface area contributed by atoms with Crippen LogP contribution in [-0.2, 0) is 16.1 Å². The van der Waals surface area contributed by atoms with Crippen molar-refractivity contribution in [2.45, 2.75) is 31.8 Å². The summed E-state index contributed by atoms with van der Waals surface area (Å²) in [5, 5.41) is 20.7. The van der Waals surface area contributed by atoms with Crippen LogP contribution in [0.1, 0.15) is 36.8 Å². The highest BCUT2D eigenvalue weighted by Crippen LogP contribution is 2.46. The zero-order valence-electron chi connectivity index (χ0n) is 14.1. The van der Waals surface area contributed by atoms with Gasteiger partial charge in [-0.1, -0.05) is 23.4 Å². The van der Waals surface area contributed by atoms with Crippen LogP contribution in [-0.4, -0.2) is 32.0 Å². The molecule has 0 radical (unpaired) electrons. The van der Waals surface area contributed by atoms with E-state index in [1.807, 2.05) is 37.3 Å². The second-order valence-corrected chi connectivity index (χ2v) is 6.60. The molecule has 1 aliphatic carbocycles. The fourth-order valence-corrected chi connectivity index (χ4v) is 3.08. The molecule has 8 heteroatoms. The number of aliphatic carboxylic acids is 1. The number of nitrogens with one attached hydrogen (secondary N) is 1. The number of aromatic nitrogens is 3. The van der Waals surface area contributed by atoms with E-state index in [2.05, 4.69) is 15.6 Å². The second-order valence-electron chi connectivity index (χ2n) is 6.60. The number of carbonyl (C=O) groups is 2. The molecule has 134 valence electrons. The Morgan fingerprint density at radius 3 is 2.96 bits per heavy atom. The van der Waals surface area contributed by atoms with E-state index in [4.69, 9.17) is 9.52 Å². The van der Waals surface area contributed by atoms with Crippen LogP contribution < -0.4 is 5.32 Å². The fraction of sp³-hybridized carbons (Fsp3) is 0.333. The van der Waals surface area contributed by atoms with Gasteiger partial charge in [0.05, 0.1) is 17.7 Å². The number of carbonyl (C=O) groups excluding carboxylic acids is 1. The summed E-state index contributed by atoms with van der Waals surface area (Å²) in [6, 6.07) is 9.30. The van der Waals surface area contributed by atoms with Crippen LogP contribution in [0, 0.1) is 5.92 Å². The zero-order chi connectivity index (χ0) is 18.3. The minimum atomic E-state index is -0.818. The number of para-hydroxylation sites is 1. The van der Waals surface area contributed by atoms with Gasteiger partial charge in [-0.25, -0.2) is 4.68 Å². The Morgan fingerprint density at radius 1 is 1.42 bits per heavy atom. The summed E-state index contributed by atoms with van der Waals surface area (Å²) in [5.41, 5.74) is 1.40. The lowest BCUT2D eigenvalue weighted by Gasteiger charge is -2.11. The Morgan fingerprint density at radius 2 is 2.23 bits per heavy atom. The van der Waals surface area contributed by atoms with Gasteiger partial charge in [0, 0.05) is 17.5 Å². The number of furan rings is 1. The van der Waals surface area contributed by atoms with Gasteiger partial charge in [-0.15, -0.1) is 5.10 Å². The summed E-state index contributed by atoms with van der Waals surface area (Å²) in [5.74, 6) is -0.844. The highest BCUT2D eigenvalue weighted by Gasteiger charge is 2.46. The molecule has 2 aromatic heterocycles. The standard InChI is InChI=1S/C18H18N4O4/c1-10(16-6-11-4-2-3-5-15(11)26-16)19-17(23)9-22-8-14(20-21-22)12-7-13(12)18(24)25/h2-6,8,10,12-13H,7,9H2,1H3,(H,19,23)(H,24,25)/t10?,12-,13+/m1/s1. The molecule has 1 aromatic carbocycles. The Balaban J connectivity index is 1.36. The number of hydrogen-bond donors (Lipinski definition) is 2. The first-order valence-electron chi connectivity index (χ1n) is 8.42. The van der Waals surface area contributed by atoms with Gasteiger partial charge in [-0.2, -0.15) is 0 Å². The predicted molar refractivity (Wildman–Crippen MR) is 91.3 cm³/mol. The van der Waals surface area contributed by atoms with Crippen molar-refractivity contribution in [1.29, 1.82) is 0 Å². The average Bonchev–Trinajstić information content (AvgIpc) is 3.08. The molecule has 0 bridgehead atoms. The molecule has 0 spiro atoms. The fourth-order valence-electron chi connectivity index (χ4n) is 3.08. The SMILES string of the molecule is CC(NC(=O)Cn1cc([C@@H]2C[C@@H]2C(=O)O)nn1)c1cc2ccccc2o1. The Labute approximate surface area is 148 Å². The normalized spacial score (nSPS) is 20.0. The van der Waals surface area contributed by atoms with E-state index >= 15 is 0 Å². The maximum atomic E-state index is 12.2. The van der Waals surface area contributed by atoms with Gasteiger partial charge in [0.25, 0.3) is 0 Å². The molecule has 1 fully saturated rings. The van der Waals surface area contributed by atoms with E-state index in [0.717, 1.165) is 11.0 Å². The van der Waals surface area contributed by atoms with E-state index in [9.17, 15) is 9.59 Å². The molecular weight excluding hydrogens is 336 g/mol. The third-order valence-corrected chi connectivity index (χ3v) is 4.60. The number of benzene rings is 1. The van der Waals surface area contributed by atoms with E-state index in [1.54, 1.807) is 6.20 Å². The molecule has 0 saturated heterocycles. The summed E-state index contributed by atoms with van der Waals surface area (Å²) in [4.78, 5) is 23.2. The predicted octanol–water partition coefficient (Wildman–Crippen LogP) is 2.09. The average molecular weight is 354 g/mol. The molecule has 1 aliphatic rings. The maximum Gasteiger partial charge on any atom is 0.307 e. The first kappa shape index (κ1) is 16.3. The topological polar surface area (TPSA) is 110 Å². The number of carboxylic acid groups (broad SMARTS) is 1. The summed E-state index contributed by atoms with van der Waals surface area (Å²) in [7, 11) is 0. The van der Waals surface area contributed by atoms with Crippen LogP contribution in [0.3, 0.4) is 0 Å². The van der Waals surface area contributed by atoms with Crippen molar-refractivity contribution in [2.75, 3.05) is 0 Å². The Kier molecular flexibility index (Phi) is 3.95. The smallest absolute Gasteiger partial charge is 0.307 e. The zero-order valence-corrected chi connectivity index (χ0v) is 14.1. The Hall–Kier alpha value is -3.16. The summed E-state index contributed by atoms with van der Waals surface area (Å²) < 4.78 is 7.18. The van der Waals surface area contributed by atoms with E-state index in [-0.39, 0.29) is 30.3 Å². The molecule has 1 saturated carbocycles. The number of carboxylic acids is 1. The number of rotatable bonds is 6. The molecule has 3 atom stereocenters. The molecule has 1 amide bonds. The highest BCUT2D eigenvalue weighted by atomic mass is 16.4. The van der Waals surface area contributed by atoms with E-state index in [0.29, 0.717) is 17.9 Å². The van der Waals surface area contributed by atoms with Crippen LogP contribution in [0.25, 0.3) is 11.0 Å². The molecular formula is C18H18N4O4. The van der Waals surface area contributed by atoms with Gasteiger partial charge >= 0.3 is 5.97 Å². The quantitative estimate of drug-likeness (QED) is 0.701.